The highest BCUT2D eigenvalue weighted by Gasteiger charge is 1.87. The Hall–Kier alpha value is -2.63. The summed E-state index contributed by atoms with van der Waals surface area (Å²) in [5, 5.41) is 4.78. The van der Waals surface area contributed by atoms with Gasteiger partial charge < -0.3 is 10.6 Å². The largest absolute Gasteiger partial charge is 0.359 e. The fourth-order valence-electron chi connectivity index (χ4n) is 1.65. The summed E-state index contributed by atoms with van der Waals surface area (Å²) in [5.41, 5.74) is 4.94. The number of aromatic nitrogens is 2. The summed E-state index contributed by atoms with van der Waals surface area (Å²) >= 11 is 0. The van der Waals surface area contributed by atoms with E-state index in [0.717, 1.165) is 24.2 Å². The summed E-state index contributed by atoms with van der Waals surface area (Å²) < 4.78 is 0. The first-order chi connectivity index (χ1) is 15.2. The number of hydrogen-bond acceptors (Lipinski definition) is 4. The first kappa shape index (κ1) is 54.3. The van der Waals surface area contributed by atoms with Crippen LogP contribution in [-0.2, 0) is 22.4 Å². The Bertz CT molecular complexity index is 653. The third-order valence-electron chi connectivity index (χ3n) is 3.44. The number of rotatable bonds is 2. The van der Waals surface area contributed by atoms with Gasteiger partial charge >= 0.3 is 0 Å². The quantitative estimate of drug-likeness (QED) is 0.456. The van der Waals surface area contributed by atoms with Crippen molar-refractivity contribution in [2.24, 2.45) is 0 Å². The van der Waals surface area contributed by atoms with Gasteiger partial charge in [-0.3, -0.25) is 19.6 Å². The molecule has 0 aliphatic rings. The van der Waals surface area contributed by atoms with Crippen LogP contribution in [0, 0.1) is 13.8 Å². The Balaban J connectivity index is -0.0000000322. The minimum Gasteiger partial charge on any atom is -0.359 e. The number of amides is 2. The molecule has 2 heterocycles. The Morgan fingerprint density at radius 1 is 0.722 bits per heavy atom. The molecule has 0 saturated heterocycles. The van der Waals surface area contributed by atoms with E-state index >= 15 is 0 Å². The van der Waals surface area contributed by atoms with Crippen LogP contribution in [0.3, 0.4) is 0 Å². The lowest BCUT2D eigenvalue weighted by atomic mass is 10.2. The molecular weight excluding hydrogens is 446 g/mol. The second kappa shape index (κ2) is 42.5. The molecule has 6 radical (unpaired) electrons. The van der Waals surface area contributed by atoms with Crippen molar-refractivity contribution in [1.29, 1.82) is 0 Å². The molecule has 210 valence electrons. The highest BCUT2D eigenvalue weighted by molar-refractivity contribution is 5.76. The maximum Gasteiger partial charge on any atom is 0.216 e. The monoisotopic (exact) mass is 509 g/mol. The molecule has 0 aromatic carbocycles. The molecule has 36 heavy (non-hydrogen) atoms. The second-order valence-electron chi connectivity index (χ2n) is 5.93. The highest BCUT2D eigenvalue weighted by Crippen LogP contribution is 2.00. The summed E-state index contributed by atoms with van der Waals surface area (Å²) in [7, 11) is 3.20. The molecule has 2 amide bonds. The zero-order valence-electron chi connectivity index (χ0n) is 23.7. The average molecular weight is 508 g/mol. The summed E-state index contributed by atoms with van der Waals surface area (Å²) in [6, 6.07) is 8.32. The van der Waals surface area contributed by atoms with Gasteiger partial charge in [0.2, 0.25) is 11.8 Å². The number of aryl methyl sites for hydroxylation is 4. The van der Waals surface area contributed by atoms with Crippen LogP contribution in [-0.4, -0.2) is 52.7 Å². The van der Waals surface area contributed by atoms with E-state index in [1.54, 1.807) is 14.1 Å². The summed E-state index contributed by atoms with van der Waals surface area (Å²) in [6.07, 6.45) is 5.91. The molecule has 2 rings (SSSR count). The van der Waals surface area contributed by atoms with Gasteiger partial charge in [0.1, 0.15) is 0 Å². The molecule has 0 fully saturated rings. The van der Waals surface area contributed by atoms with Crippen LogP contribution >= 0.6 is 0 Å². The number of carbonyl (C=O) groups excluding carboxylic acids is 2. The van der Waals surface area contributed by atoms with Gasteiger partial charge in [0.15, 0.2) is 0 Å². The van der Waals surface area contributed by atoms with E-state index < -0.39 is 0 Å². The predicted molar refractivity (Wildman–Crippen MR) is 168 cm³/mol. The second-order valence-corrected chi connectivity index (χ2v) is 5.93. The van der Waals surface area contributed by atoms with E-state index in [0.29, 0.717) is 0 Å². The van der Waals surface area contributed by atoms with E-state index in [9.17, 15) is 9.59 Å². The molecule has 0 aliphatic carbocycles. The van der Waals surface area contributed by atoms with Crippen molar-refractivity contribution in [2.45, 2.75) is 96.9 Å². The maximum absolute atomic E-state index is 9.70. The van der Waals surface area contributed by atoms with Crippen molar-refractivity contribution in [3.05, 3.63) is 59.2 Å². The first-order valence-corrected chi connectivity index (χ1v) is 11.4. The van der Waals surface area contributed by atoms with Crippen molar-refractivity contribution in [2.75, 3.05) is 14.1 Å². The van der Waals surface area contributed by atoms with Crippen molar-refractivity contribution in [3.63, 3.8) is 0 Å². The van der Waals surface area contributed by atoms with Crippen LogP contribution < -0.4 is 10.6 Å². The van der Waals surface area contributed by atoms with Gasteiger partial charge in [-0.1, -0.05) is 56.4 Å². The lowest BCUT2D eigenvalue weighted by Gasteiger charge is -1.94. The molecule has 0 spiro atoms. The molecule has 2 N–H and O–H groups in total. The Morgan fingerprint density at radius 3 is 1.06 bits per heavy atom. The smallest absolute Gasteiger partial charge is 0.216 e. The van der Waals surface area contributed by atoms with Crippen LogP contribution in [0.4, 0.5) is 0 Å². The third kappa shape index (κ3) is 45.0. The summed E-state index contributed by atoms with van der Waals surface area (Å²) in [6.45, 7) is 19.3. The standard InChI is InChI=1S/2C8H11N.2C3H7NO.2C2H6.2CH4.2B.2H2/c2*1-3-8-4-5-9-7(2)6-8;2*1-3(5)4-2;2*1-2;;;;;;/h2*4-6H,3H2,1-2H3;2*1-2H3,(H,4,5);2*1-2H3;2*1H4;;;2*1H/i;;;;;;;;;;2*1+1. The molecule has 0 saturated carbocycles. The van der Waals surface area contributed by atoms with Gasteiger partial charge in [-0.25, -0.2) is 0 Å². The first-order valence-electron chi connectivity index (χ1n) is 11.4. The van der Waals surface area contributed by atoms with Crippen molar-refractivity contribution < 1.29 is 12.4 Å². The van der Waals surface area contributed by atoms with Crippen LogP contribution in [0.1, 0.15) is 95.6 Å². The molecule has 0 aliphatic heterocycles. The van der Waals surface area contributed by atoms with Gasteiger partial charge in [0, 0.05) is 71.4 Å². The lowest BCUT2D eigenvalue weighted by molar-refractivity contribution is -0.119. The zero-order valence-corrected chi connectivity index (χ0v) is 23.7. The van der Waals surface area contributed by atoms with E-state index in [2.05, 4.69) is 46.6 Å². The Kier molecular flexibility index (Phi) is 64.2. The normalized spacial score (nSPS) is 7.00. The van der Waals surface area contributed by atoms with Crippen molar-refractivity contribution in [3.8, 4) is 0 Å². The SMILES string of the molecule is C.C.CC.CC.CCc1ccnc(C)c1.CCc1ccnc(C)c1.CNC(C)=O.CNC(C)=O.[2HH].[2HH].[B].[B]. The van der Waals surface area contributed by atoms with E-state index in [1.165, 1.54) is 25.0 Å². The fraction of sp³-hybridized carbons (Fsp3) is 0.571. The zero-order chi connectivity index (χ0) is 25.9. The minimum absolute atomic E-state index is 0. The third-order valence-corrected chi connectivity index (χ3v) is 3.44. The van der Waals surface area contributed by atoms with Crippen molar-refractivity contribution in [1.82, 2.24) is 20.6 Å². The number of nitrogens with zero attached hydrogens (tertiary/aromatic N) is 2. The van der Waals surface area contributed by atoms with Gasteiger partial charge in [-0.15, -0.1) is 0 Å². The van der Waals surface area contributed by atoms with Crippen molar-refractivity contribution >= 4 is 28.6 Å². The van der Waals surface area contributed by atoms with Gasteiger partial charge in [-0.05, 0) is 62.1 Å². The molecule has 8 heteroatoms. The maximum atomic E-state index is 9.70. The predicted octanol–water partition coefficient (Wildman–Crippen LogP) is 6.46. The summed E-state index contributed by atoms with van der Waals surface area (Å²) in [4.78, 5) is 27.6. The number of carbonyl (C=O) groups is 2. The molecular formula is C28H60B2N4O2. The fourth-order valence-corrected chi connectivity index (χ4v) is 1.65. The number of pyridine rings is 2. The Labute approximate surface area is 232 Å². The van der Waals surface area contributed by atoms with E-state index in [4.69, 9.17) is 0 Å². The lowest BCUT2D eigenvalue weighted by Crippen LogP contribution is -2.11. The molecule has 0 bridgehead atoms. The topological polar surface area (TPSA) is 84.0 Å². The van der Waals surface area contributed by atoms with Gasteiger partial charge in [0.05, 0.1) is 0 Å². The van der Waals surface area contributed by atoms with Crippen LogP contribution in [0.25, 0.3) is 0 Å². The molecule has 2 aromatic heterocycles. The molecule has 0 atom stereocenters. The van der Waals surface area contributed by atoms with Crippen LogP contribution in [0.2, 0.25) is 0 Å². The number of nitrogens with one attached hydrogen (secondary N) is 2. The minimum atomic E-state index is 0. The van der Waals surface area contributed by atoms with Gasteiger partial charge in [-0.2, -0.15) is 0 Å². The highest BCUT2D eigenvalue weighted by atomic mass is 16.1. The number of hydrogen-bond donors (Lipinski definition) is 2. The van der Waals surface area contributed by atoms with Crippen LogP contribution in [0.15, 0.2) is 36.7 Å². The molecule has 0 unspecified atom stereocenters. The Morgan fingerprint density at radius 2 is 0.944 bits per heavy atom. The van der Waals surface area contributed by atoms with E-state index in [1.807, 2.05) is 66.1 Å². The van der Waals surface area contributed by atoms with Gasteiger partial charge in [0.25, 0.3) is 0 Å². The molecule has 6 nitrogen and oxygen atoms in total. The molecule has 2 aromatic rings. The van der Waals surface area contributed by atoms with Crippen LogP contribution in [0.5, 0.6) is 0 Å². The van der Waals surface area contributed by atoms with E-state index in [-0.39, 0.29) is 46.3 Å². The summed E-state index contributed by atoms with van der Waals surface area (Å²) in [5.74, 6) is 0.00926. The average Bonchev–Trinajstić information content (AvgIpc) is 2.82.